The minimum Gasteiger partial charge on any atom is -0.457 e. The van der Waals surface area contributed by atoms with Crippen molar-refractivity contribution in [3.8, 4) is 11.5 Å². The zero-order chi connectivity index (χ0) is 13.8. The second-order valence-electron chi connectivity index (χ2n) is 4.10. The second-order valence-corrected chi connectivity index (χ2v) is 5.02. The molecule has 0 spiro atoms. The number of halogens is 1. The molecule has 0 heterocycles. The van der Waals surface area contributed by atoms with Gasteiger partial charge in [0, 0.05) is 4.47 Å². The first-order chi connectivity index (χ1) is 9.10. The molecule has 2 aromatic carbocycles. The van der Waals surface area contributed by atoms with E-state index in [1.165, 1.54) is 6.92 Å². The summed E-state index contributed by atoms with van der Waals surface area (Å²) >= 11 is 3.33. The molecule has 0 radical (unpaired) electrons. The topological polar surface area (TPSA) is 46.5 Å². The van der Waals surface area contributed by atoms with Crippen molar-refractivity contribution in [3.63, 3.8) is 0 Å². The summed E-state index contributed by atoms with van der Waals surface area (Å²) in [5.74, 6) is 1.04. The molecule has 3 nitrogen and oxygen atoms in total. The lowest BCUT2D eigenvalue weighted by Gasteiger charge is -2.10. The lowest BCUT2D eigenvalue weighted by atomic mass is 10.1. The Morgan fingerprint density at radius 2 is 2.05 bits per heavy atom. The third-order valence-corrected chi connectivity index (χ3v) is 3.12. The molecule has 2 rings (SSSR count). The van der Waals surface area contributed by atoms with Gasteiger partial charge in [0.25, 0.3) is 0 Å². The smallest absolute Gasteiger partial charge is 0.163 e. The largest absolute Gasteiger partial charge is 0.457 e. The highest BCUT2D eigenvalue weighted by Gasteiger charge is 2.10. The van der Waals surface area contributed by atoms with Crippen molar-refractivity contribution in [2.75, 3.05) is 0 Å². The normalized spacial score (nSPS) is 10.3. The average Bonchev–Trinajstić information content (AvgIpc) is 2.41. The van der Waals surface area contributed by atoms with Crippen LogP contribution < -0.4 is 4.74 Å². The Kier molecular flexibility index (Phi) is 4.35. The van der Waals surface area contributed by atoms with Crippen molar-refractivity contribution < 1.29 is 14.6 Å². The van der Waals surface area contributed by atoms with Crippen molar-refractivity contribution in [1.29, 1.82) is 0 Å². The molecule has 2 aromatic rings. The average molecular weight is 321 g/mol. The lowest BCUT2D eigenvalue weighted by Crippen LogP contribution is -1.97. The quantitative estimate of drug-likeness (QED) is 0.868. The van der Waals surface area contributed by atoms with Gasteiger partial charge >= 0.3 is 0 Å². The number of Topliss-reactive ketones (excluding diaryl/α,β-unsaturated/α-hetero) is 1. The van der Waals surface area contributed by atoms with Crippen LogP contribution in [0.4, 0.5) is 0 Å². The molecule has 0 fully saturated rings. The standard InChI is InChI=1S/C15H13BrO3/c1-10(18)14-8-12(16)5-6-15(14)19-13-4-2-3-11(7-13)9-17/h2-8,17H,9H2,1H3. The Morgan fingerprint density at radius 1 is 1.26 bits per heavy atom. The van der Waals surface area contributed by atoms with E-state index >= 15 is 0 Å². The molecule has 0 aromatic heterocycles. The molecule has 0 aliphatic carbocycles. The summed E-state index contributed by atoms with van der Waals surface area (Å²) in [6.07, 6.45) is 0. The van der Waals surface area contributed by atoms with E-state index in [2.05, 4.69) is 15.9 Å². The Morgan fingerprint density at radius 3 is 2.74 bits per heavy atom. The van der Waals surface area contributed by atoms with Gasteiger partial charge in [-0.2, -0.15) is 0 Å². The van der Waals surface area contributed by atoms with Crippen molar-refractivity contribution in [2.24, 2.45) is 0 Å². The first-order valence-electron chi connectivity index (χ1n) is 5.78. The summed E-state index contributed by atoms with van der Waals surface area (Å²) in [6.45, 7) is 1.45. The number of carbonyl (C=O) groups is 1. The van der Waals surface area contributed by atoms with E-state index in [4.69, 9.17) is 9.84 Å². The van der Waals surface area contributed by atoms with E-state index in [9.17, 15) is 4.79 Å². The predicted molar refractivity (Wildman–Crippen MR) is 76.6 cm³/mol. The molecule has 0 aliphatic heterocycles. The number of carbonyl (C=O) groups excluding carboxylic acids is 1. The molecular weight excluding hydrogens is 308 g/mol. The molecule has 0 unspecified atom stereocenters. The van der Waals surface area contributed by atoms with E-state index in [1.807, 2.05) is 6.07 Å². The van der Waals surface area contributed by atoms with Gasteiger partial charge < -0.3 is 9.84 Å². The number of aliphatic hydroxyl groups excluding tert-OH is 1. The van der Waals surface area contributed by atoms with Gasteiger partial charge in [-0.3, -0.25) is 4.79 Å². The van der Waals surface area contributed by atoms with Crippen LogP contribution in [0.3, 0.4) is 0 Å². The van der Waals surface area contributed by atoms with Gasteiger partial charge in [0.15, 0.2) is 5.78 Å². The minimum absolute atomic E-state index is 0.0445. The molecule has 98 valence electrons. The van der Waals surface area contributed by atoms with Crippen LogP contribution in [0.2, 0.25) is 0 Å². The van der Waals surface area contributed by atoms with Crippen molar-refractivity contribution in [1.82, 2.24) is 0 Å². The number of hydrogen-bond acceptors (Lipinski definition) is 3. The van der Waals surface area contributed by atoms with Crippen LogP contribution in [0, 0.1) is 0 Å². The van der Waals surface area contributed by atoms with Crippen LogP contribution in [0.1, 0.15) is 22.8 Å². The summed E-state index contributed by atoms with van der Waals surface area (Å²) in [6, 6.07) is 12.4. The SMILES string of the molecule is CC(=O)c1cc(Br)ccc1Oc1cccc(CO)c1. The summed E-state index contributed by atoms with van der Waals surface area (Å²) < 4.78 is 6.54. The van der Waals surface area contributed by atoms with Crippen molar-refractivity contribution >= 4 is 21.7 Å². The fourth-order valence-electron chi connectivity index (χ4n) is 1.70. The van der Waals surface area contributed by atoms with Gasteiger partial charge in [0.05, 0.1) is 12.2 Å². The molecule has 0 amide bonds. The molecule has 0 saturated carbocycles. The summed E-state index contributed by atoms with van der Waals surface area (Å²) in [5.41, 5.74) is 1.28. The zero-order valence-corrected chi connectivity index (χ0v) is 12.0. The fourth-order valence-corrected chi connectivity index (χ4v) is 2.06. The highest BCUT2D eigenvalue weighted by Crippen LogP contribution is 2.28. The Balaban J connectivity index is 2.34. The second kappa shape index (κ2) is 5.99. The maximum Gasteiger partial charge on any atom is 0.163 e. The molecule has 0 saturated heterocycles. The van der Waals surface area contributed by atoms with Crippen LogP contribution in [0.25, 0.3) is 0 Å². The number of rotatable bonds is 4. The van der Waals surface area contributed by atoms with Crippen LogP contribution in [-0.4, -0.2) is 10.9 Å². The summed E-state index contributed by atoms with van der Waals surface area (Å²) in [4.78, 5) is 11.6. The van der Waals surface area contributed by atoms with E-state index in [0.717, 1.165) is 10.0 Å². The number of ether oxygens (including phenoxy) is 1. The monoisotopic (exact) mass is 320 g/mol. The van der Waals surface area contributed by atoms with Crippen molar-refractivity contribution in [3.05, 3.63) is 58.1 Å². The van der Waals surface area contributed by atoms with Gasteiger partial charge in [-0.25, -0.2) is 0 Å². The molecule has 4 heteroatoms. The van der Waals surface area contributed by atoms with Gasteiger partial charge in [0.2, 0.25) is 0 Å². The van der Waals surface area contributed by atoms with Gasteiger partial charge in [-0.05, 0) is 42.8 Å². The Labute approximate surface area is 120 Å². The molecular formula is C15H13BrO3. The molecule has 0 atom stereocenters. The number of hydrogen-bond donors (Lipinski definition) is 1. The highest BCUT2D eigenvalue weighted by atomic mass is 79.9. The van der Waals surface area contributed by atoms with Crippen LogP contribution in [0.5, 0.6) is 11.5 Å². The number of aliphatic hydroxyl groups is 1. The third-order valence-electron chi connectivity index (χ3n) is 2.63. The third kappa shape index (κ3) is 3.43. The predicted octanol–water partition coefficient (Wildman–Crippen LogP) is 3.94. The molecule has 0 bridgehead atoms. The molecule has 0 aliphatic rings. The fraction of sp³-hybridized carbons (Fsp3) is 0.133. The Hall–Kier alpha value is -1.65. The molecule has 1 N–H and O–H groups in total. The zero-order valence-electron chi connectivity index (χ0n) is 10.4. The van der Waals surface area contributed by atoms with E-state index in [1.54, 1.807) is 36.4 Å². The maximum atomic E-state index is 11.6. The van der Waals surface area contributed by atoms with Gasteiger partial charge in [-0.1, -0.05) is 28.1 Å². The van der Waals surface area contributed by atoms with Gasteiger partial charge in [-0.15, -0.1) is 0 Å². The number of ketones is 1. The van der Waals surface area contributed by atoms with Crippen LogP contribution in [0.15, 0.2) is 46.9 Å². The summed E-state index contributed by atoms with van der Waals surface area (Å²) in [5, 5.41) is 9.09. The highest BCUT2D eigenvalue weighted by molar-refractivity contribution is 9.10. The van der Waals surface area contributed by atoms with E-state index < -0.39 is 0 Å². The minimum atomic E-state index is -0.0605. The van der Waals surface area contributed by atoms with Crippen molar-refractivity contribution in [2.45, 2.75) is 13.5 Å². The molecule has 19 heavy (non-hydrogen) atoms. The van der Waals surface area contributed by atoms with E-state index in [-0.39, 0.29) is 12.4 Å². The number of benzene rings is 2. The summed E-state index contributed by atoms with van der Waals surface area (Å²) in [7, 11) is 0. The first-order valence-corrected chi connectivity index (χ1v) is 6.57. The van der Waals surface area contributed by atoms with Gasteiger partial charge in [0.1, 0.15) is 11.5 Å². The van der Waals surface area contributed by atoms with E-state index in [0.29, 0.717) is 17.1 Å². The van der Waals surface area contributed by atoms with Crippen LogP contribution in [-0.2, 0) is 6.61 Å². The lowest BCUT2D eigenvalue weighted by molar-refractivity contribution is 0.101. The Bertz CT molecular complexity index is 608. The maximum absolute atomic E-state index is 11.6. The first kappa shape index (κ1) is 13.8. The van der Waals surface area contributed by atoms with Crippen LogP contribution >= 0.6 is 15.9 Å².